The van der Waals surface area contributed by atoms with E-state index in [0.29, 0.717) is 18.7 Å². The Bertz CT molecular complexity index is 1070. The molecule has 0 aliphatic heterocycles. The van der Waals surface area contributed by atoms with Crippen molar-refractivity contribution in [2.45, 2.75) is 6.42 Å². The van der Waals surface area contributed by atoms with Crippen LogP contribution in [0.1, 0.15) is 16.2 Å². The molecule has 4 aromatic rings. The van der Waals surface area contributed by atoms with Crippen LogP contribution in [0.3, 0.4) is 0 Å². The van der Waals surface area contributed by atoms with Gasteiger partial charge in [-0.05, 0) is 54.6 Å². The van der Waals surface area contributed by atoms with E-state index >= 15 is 0 Å². The first-order chi connectivity index (χ1) is 14.2. The number of nitrogens with zero attached hydrogens (tertiary/aromatic N) is 2. The van der Waals surface area contributed by atoms with Gasteiger partial charge in [-0.2, -0.15) is 5.10 Å². The third-order valence-electron chi connectivity index (χ3n) is 4.57. The van der Waals surface area contributed by atoms with Gasteiger partial charge in [0.25, 0.3) is 5.91 Å². The normalized spacial score (nSPS) is 10.7. The van der Waals surface area contributed by atoms with Crippen molar-refractivity contribution in [2.75, 3.05) is 13.7 Å². The van der Waals surface area contributed by atoms with E-state index in [1.54, 1.807) is 24.1 Å². The Morgan fingerprint density at radius 1 is 1.07 bits per heavy atom. The lowest BCUT2D eigenvalue weighted by Gasteiger charge is -2.08. The summed E-state index contributed by atoms with van der Waals surface area (Å²) >= 11 is 0. The number of amides is 1. The third-order valence-corrected chi connectivity index (χ3v) is 4.57. The number of hydrogen-bond acceptors (Lipinski definition) is 4. The van der Waals surface area contributed by atoms with Crippen molar-refractivity contribution in [3.05, 3.63) is 90.5 Å². The highest BCUT2D eigenvalue weighted by atomic mass is 16.5. The van der Waals surface area contributed by atoms with Crippen LogP contribution < -0.4 is 10.1 Å². The van der Waals surface area contributed by atoms with Gasteiger partial charge in [0.05, 0.1) is 24.8 Å². The number of methoxy groups -OCH3 is 1. The number of aromatic nitrogens is 2. The van der Waals surface area contributed by atoms with Gasteiger partial charge in [-0.1, -0.05) is 18.2 Å². The molecule has 0 saturated carbocycles. The summed E-state index contributed by atoms with van der Waals surface area (Å²) in [7, 11) is 1.63. The van der Waals surface area contributed by atoms with Crippen molar-refractivity contribution < 1.29 is 13.9 Å². The second-order valence-electron chi connectivity index (χ2n) is 6.48. The Balaban J connectivity index is 1.61. The lowest BCUT2D eigenvalue weighted by molar-refractivity contribution is 0.0948. The maximum atomic E-state index is 12.7. The molecule has 0 fully saturated rings. The summed E-state index contributed by atoms with van der Waals surface area (Å²) in [5.74, 6) is 1.38. The summed E-state index contributed by atoms with van der Waals surface area (Å²) in [5.41, 5.74) is 3.01. The minimum atomic E-state index is -0.221. The minimum Gasteiger partial charge on any atom is -0.497 e. The zero-order valence-electron chi connectivity index (χ0n) is 16.0. The third kappa shape index (κ3) is 4.21. The van der Waals surface area contributed by atoms with Crippen LogP contribution in [0.2, 0.25) is 0 Å². The molecule has 6 nitrogen and oxygen atoms in total. The van der Waals surface area contributed by atoms with Crippen molar-refractivity contribution in [1.82, 2.24) is 15.1 Å². The van der Waals surface area contributed by atoms with Crippen LogP contribution in [0, 0.1) is 0 Å². The maximum Gasteiger partial charge on any atom is 0.271 e. The Morgan fingerprint density at radius 2 is 1.86 bits per heavy atom. The number of para-hydroxylation sites is 1. The second-order valence-corrected chi connectivity index (χ2v) is 6.48. The minimum absolute atomic E-state index is 0.221. The zero-order valence-corrected chi connectivity index (χ0v) is 16.0. The lowest BCUT2D eigenvalue weighted by Crippen LogP contribution is -2.26. The number of nitrogens with one attached hydrogen (secondary N) is 1. The van der Waals surface area contributed by atoms with E-state index in [1.807, 2.05) is 66.7 Å². The maximum absolute atomic E-state index is 12.7. The Morgan fingerprint density at radius 3 is 2.55 bits per heavy atom. The van der Waals surface area contributed by atoms with Crippen molar-refractivity contribution in [2.24, 2.45) is 0 Å². The number of benzene rings is 2. The van der Waals surface area contributed by atoms with E-state index in [1.165, 1.54) is 0 Å². The highest BCUT2D eigenvalue weighted by molar-refractivity contribution is 5.93. The molecule has 0 saturated heterocycles. The average Bonchev–Trinajstić information content (AvgIpc) is 3.45. The van der Waals surface area contributed by atoms with Gasteiger partial charge in [-0.15, -0.1) is 0 Å². The molecule has 0 unspecified atom stereocenters. The Kier molecular flexibility index (Phi) is 5.42. The van der Waals surface area contributed by atoms with E-state index in [4.69, 9.17) is 9.15 Å². The molecule has 0 aliphatic rings. The van der Waals surface area contributed by atoms with Crippen LogP contribution in [-0.4, -0.2) is 29.3 Å². The van der Waals surface area contributed by atoms with Gasteiger partial charge in [-0.25, -0.2) is 4.68 Å². The number of ether oxygens (including phenoxy) is 1. The summed E-state index contributed by atoms with van der Waals surface area (Å²) < 4.78 is 12.3. The Hall–Kier alpha value is -3.80. The van der Waals surface area contributed by atoms with Gasteiger partial charge in [0, 0.05) is 18.5 Å². The molecule has 0 bridgehead atoms. The molecular weight excluding hydrogens is 366 g/mol. The summed E-state index contributed by atoms with van der Waals surface area (Å²) in [6.45, 7) is 0.475. The molecule has 2 aromatic heterocycles. The predicted octanol–water partition coefficient (Wildman–Crippen LogP) is 4.11. The molecule has 29 heavy (non-hydrogen) atoms. The molecule has 2 heterocycles. The molecule has 2 aromatic carbocycles. The first-order valence-corrected chi connectivity index (χ1v) is 9.35. The number of rotatable bonds is 7. The molecule has 0 aliphatic carbocycles. The molecule has 0 radical (unpaired) electrons. The predicted molar refractivity (Wildman–Crippen MR) is 110 cm³/mol. The lowest BCUT2D eigenvalue weighted by atomic mass is 10.1. The molecule has 146 valence electrons. The largest absolute Gasteiger partial charge is 0.497 e. The van der Waals surface area contributed by atoms with Crippen molar-refractivity contribution >= 4 is 5.91 Å². The number of carbonyl (C=O) groups is 1. The fraction of sp³-hybridized carbons (Fsp3) is 0.130. The zero-order chi connectivity index (χ0) is 20.1. The molecule has 4 rings (SSSR count). The van der Waals surface area contributed by atoms with E-state index in [2.05, 4.69) is 10.4 Å². The fourth-order valence-electron chi connectivity index (χ4n) is 3.07. The van der Waals surface area contributed by atoms with Crippen molar-refractivity contribution in [3.63, 3.8) is 0 Å². The van der Waals surface area contributed by atoms with Crippen molar-refractivity contribution in [1.29, 1.82) is 0 Å². The first-order valence-electron chi connectivity index (χ1n) is 9.35. The smallest absolute Gasteiger partial charge is 0.271 e. The van der Waals surface area contributed by atoms with E-state index < -0.39 is 0 Å². The van der Waals surface area contributed by atoms with Crippen LogP contribution in [0.25, 0.3) is 16.9 Å². The molecule has 6 heteroatoms. The number of hydrogen-bond donors (Lipinski definition) is 1. The summed E-state index contributed by atoms with van der Waals surface area (Å²) in [5, 5.41) is 7.47. The first kappa shape index (κ1) is 18.6. The van der Waals surface area contributed by atoms with Crippen molar-refractivity contribution in [3.8, 4) is 22.7 Å². The van der Waals surface area contributed by atoms with E-state index in [9.17, 15) is 4.79 Å². The number of carbonyl (C=O) groups excluding carboxylic acids is 1. The summed E-state index contributed by atoms with van der Waals surface area (Å²) in [6.07, 6.45) is 2.25. The monoisotopic (exact) mass is 387 g/mol. The van der Waals surface area contributed by atoms with E-state index in [0.717, 1.165) is 28.5 Å². The quantitative estimate of drug-likeness (QED) is 0.518. The Labute approximate surface area is 168 Å². The second kappa shape index (κ2) is 8.48. The van der Waals surface area contributed by atoms with Gasteiger partial charge in [-0.3, -0.25) is 4.79 Å². The molecule has 1 amide bonds. The molecule has 0 spiro atoms. The average molecular weight is 387 g/mol. The van der Waals surface area contributed by atoms with Gasteiger partial charge in [0.15, 0.2) is 5.69 Å². The van der Waals surface area contributed by atoms with Gasteiger partial charge in [0.2, 0.25) is 0 Å². The molecule has 1 N–H and O–H groups in total. The topological polar surface area (TPSA) is 69.3 Å². The standard InChI is InChI=1S/C23H21N3O3/c1-28-19-11-9-17(10-12-19)22-16-21(25-26(22)18-6-3-2-4-7-18)23(27)24-14-13-20-8-5-15-29-20/h2-12,15-16H,13-14H2,1H3,(H,24,27). The van der Waals surface area contributed by atoms with E-state index in [-0.39, 0.29) is 5.91 Å². The van der Waals surface area contributed by atoms with Crippen LogP contribution in [0.15, 0.2) is 83.5 Å². The fourth-order valence-corrected chi connectivity index (χ4v) is 3.07. The highest BCUT2D eigenvalue weighted by Crippen LogP contribution is 2.26. The highest BCUT2D eigenvalue weighted by Gasteiger charge is 2.16. The SMILES string of the molecule is COc1ccc(-c2cc(C(=O)NCCc3ccco3)nn2-c2ccccc2)cc1. The van der Waals surface area contributed by atoms with Crippen LogP contribution in [0.5, 0.6) is 5.75 Å². The molecule has 0 atom stereocenters. The van der Waals surface area contributed by atoms with Gasteiger partial charge < -0.3 is 14.5 Å². The van der Waals surface area contributed by atoms with Gasteiger partial charge in [0.1, 0.15) is 11.5 Å². The summed E-state index contributed by atoms with van der Waals surface area (Å²) in [6, 6.07) is 23.0. The summed E-state index contributed by atoms with van der Waals surface area (Å²) in [4.78, 5) is 12.7. The molecular formula is C23H21N3O3. The van der Waals surface area contributed by atoms with Crippen LogP contribution in [0.4, 0.5) is 0 Å². The number of furan rings is 1. The van der Waals surface area contributed by atoms with Crippen LogP contribution in [-0.2, 0) is 6.42 Å². The van der Waals surface area contributed by atoms with Gasteiger partial charge >= 0.3 is 0 Å². The van der Waals surface area contributed by atoms with Crippen LogP contribution >= 0.6 is 0 Å².